The van der Waals surface area contributed by atoms with Crippen LogP contribution in [0.2, 0.25) is 0 Å². The molecule has 0 heterocycles. The molecule has 0 aromatic heterocycles. The van der Waals surface area contributed by atoms with Gasteiger partial charge in [0.1, 0.15) is 12.4 Å². The van der Waals surface area contributed by atoms with Crippen molar-refractivity contribution in [3.05, 3.63) is 29.8 Å². The number of esters is 1. The van der Waals surface area contributed by atoms with Crippen molar-refractivity contribution < 1.29 is 63.3 Å². The Morgan fingerprint density at radius 1 is 1.29 bits per heavy atom. The van der Waals surface area contributed by atoms with E-state index in [0.717, 1.165) is 0 Å². The van der Waals surface area contributed by atoms with Gasteiger partial charge in [-0.2, -0.15) is 8.42 Å². The number of ether oxygens (including phenoxy) is 2. The quantitative estimate of drug-likeness (QED) is 0.237. The second-order valence-electron chi connectivity index (χ2n) is 3.88. The van der Waals surface area contributed by atoms with Crippen molar-refractivity contribution in [2.75, 3.05) is 25.6 Å². The molecule has 0 radical (unpaired) electrons. The zero-order valence-electron chi connectivity index (χ0n) is 12.7. The molecule has 7 nitrogen and oxygen atoms in total. The first-order chi connectivity index (χ1) is 9.42. The van der Waals surface area contributed by atoms with Crippen molar-refractivity contribution in [2.45, 2.75) is 6.42 Å². The van der Waals surface area contributed by atoms with Gasteiger partial charge in [-0.3, -0.25) is 4.55 Å². The number of carbonyl (C=O) groups is 1. The minimum atomic E-state index is -3.99. The maximum absolute atomic E-state index is 11.5. The van der Waals surface area contributed by atoms with Gasteiger partial charge in [0, 0.05) is 0 Å². The summed E-state index contributed by atoms with van der Waals surface area (Å²) in [6.07, 6.45) is 0.137. The Morgan fingerprint density at radius 2 is 2.00 bits per heavy atom. The molecule has 0 amide bonds. The summed E-state index contributed by atoms with van der Waals surface area (Å²) >= 11 is 0. The largest absolute Gasteiger partial charge is 1.00 e. The van der Waals surface area contributed by atoms with Crippen molar-refractivity contribution in [3.8, 4) is 5.75 Å². The second-order valence-corrected chi connectivity index (χ2v) is 5.45. The predicted octanol–water partition coefficient (Wildman–Crippen LogP) is -2.39. The zero-order valence-corrected chi connectivity index (χ0v) is 14.5. The van der Waals surface area contributed by atoms with Crippen LogP contribution in [-0.2, 0) is 14.9 Å². The SMILES string of the molecule is O=C(OCCO)c1cccc(OCCCS(=O)(=O)O)c1.[H-].[Na+]. The summed E-state index contributed by atoms with van der Waals surface area (Å²) in [5, 5.41) is 8.55. The fraction of sp³-hybridized carbons (Fsp3) is 0.417. The Kier molecular flexibility index (Phi) is 9.84. The number of hydrogen-bond acceptors (Lipinski definition) is 6. The van der Waals surface area contributed by atoms with Gasteiger partial charge in [-0.25, -0.2) is 4.79 Å². The number of rotatable bonds is 8. The van der Waals surface area contributed by atoms with Crippen LogP contribution in [-0.4, -0.2) is 49.6 Å². The van der Waals surface area contributed by atoms with Crippen molar-refractivity contribution >= 4 is 16.1 Å². The fourth-order valence-corrected chi connectivity index (χ4v) is 1.85. The summed E-state index contributed by atoms with van der Waals surface area (Å²) in [5.74, 6) is -0.577. The summed E-state index contributed by atoms with van der Waals surface area (Å²) in [7, 11) is -3.99. The molecule has 0 saturated heterocycles. The van der Waals surface area contributed by atoms with E-state index in [1.54, 1.807) is 12.1 Å². The standard InChI is InChI=1S/C12H16O7S.Na.H/c13-5-7-19-12(14)10-3-1-4-11(9-10)18-6-2-8-20(15,16)17;;/h1,3-4,9,13H,2,5-8H2,(H,15,16,17);;/q;+1;-1. The van der Waals surface area contributed by atoms with Gasteiger partial charge in [0.05, 0.1) is 24.5 Å². The molecule has 0 aliphatic carbocycles. The van der Waals surface area contributed by atoms with Gasteiger partial charge in [0.15, 0.2) is 0 Å². The fourth-order valence-electron chi connectivity index (χ4n) is 1.37. The third kappa shape index (κ3) is 9.07. The molecule has 0 aliphatic heterocycles. The normalized spacial score (nSPS) is 10.6. The molecule has 114 valence electrons. The van der Waals surface area contributed by atoms with E-state index in [9.17, 15) is 13.2 Å². The van der Waals surface area contributed by atoms with Crippen LogP contribution < -0.4 is 34.3 Å². The summed E-state index contributed by atoms with van der Waals surface area (Å²) in [6.45, 7) is -0.245. The van der Waals surface area contributed by atoms with E-state index >= 15 is 0 Å². The average Bonchev–Trinajstić information content (AvgIpc) is 2.40. The third-order valence-electron chi connectivity index (χ3n) is 2.21. The minimum Gasteiger partial charge on any atom is -1.00 e. The Labute approximate surface area is 146 Å². The molecule has 1 aromatic carbocycles. The molecule has 0 spiro atoms. The van der Waals surface area contributed by atoms with E-state index in [0.29, 0.717) is 5.75 Å². The number of aliphatic hydroxyl groups is 1. The molecule has 9 heteroatoms. The van der Waals surface area contributed by atoms with Crippen molar-refractivity contribution in [1.29, 1.82) is 0 Å². The van der Waals surface area contributed by atoms with Gasteiger partial charge in [-0.15, -0.1) is 0 Å². The van der Waals surface area contributed by atoms with Crippen LogP contribution in [0.4, 0.5) is 0 Å². The van der Waals surface area contributed by atoms with E-state index in [-0.39, 0.29) is 68.5 Å². The Balaban J connectivity index is 0. The molecular weight excluding hydrogens is 311 g/mol. The molecule has 0 aliphatic rings. The van der Waals surface area contributed by atoms with Crippen LogP contribution in [0.1, 0.15) is 18.2 Å². The monoisotopic (exact) mass is 328 g/mol. The Morgan fingerprint density at radius 3 is 2.62 bits per heavy atom. The summed E-state index contributed by atoms with van der Waals surface area (Å²) in [6, 6.07) is 6.18. The van der Waals surface area contributed by atoms with Gasteiger partial charge in [-0.05, 0) is 24.6 Å². The number of hydrogen-bond donors (Lipinski definition) is 2. The molecule has 1 aromatic rings. The summed E-state index contributed by atoms with van der Waals surface area (Å²) < 4.78 is 39.6. The van der Waals surface area contributed by atoms with Crippen molar-refractivity contribution in [2.24, 2.45) is 0 Å². The van der Waals surface area contributed by atoms with E-state index in [2.05, 4.69) is 0 Å². The molecular formula is C12H17NaO7S. The Bertz CT molecular complexity index is 550. The van der Waals surface area contributed by atoms with Crippen LogP contribution in [0.15, 0.2) is 24.3 Å². The molecule has 0 atom stereocenters. The first kappa shape index (κ1) is 20.4. The zero-order chi connectivity index (χ0) is 15.0. The van der Waals surface area contributed by atoms with Crippen LogP contribution in [0.25, 0.3) is 0 Å². The molecule has 0 saturated carbocycles. The number of carbonyl (C=O) groups excluding carboxylic acids is 1. The summed E-state index contributed by atoms with van der Waals surface area (Å²) in [5.41, 5.74) is 0.269. The van der Waals surface area contributed by atoms with Crippen molar-refractivity contribution in [1.82, 2.24) is 0 Å². The third-order valence-corrected chi connectivity index (χ3v) is 3.01. The first-order valence-electron chi connectivity index (χ1n) is 5.88. The molecule has 0 bridgehead atoms. The minimum absolute atomic E-state index is 0. The van der Waals surface area contributed by atoms with Gasteiger partial charge in [0.2, 0.25) is 0 Å². The molecule has 2 N–H and O–H groups in total. The second kappa shape index (κ2) is 10.1. The molecule has 0 fully saturated rings. The van der Waals surface area contributed by atoms with E-state index in [1.807, 2.05) is 0 Å². The van der Waals surface area contributed by atoms with Crippen LogP contribution in [0.3, 0.4) is 0 Å². The van der Waals surface area contributed by atoms with Gasteiger partial charge >= 0.3 is 35.5 Å². The van der Waals surface area contributed by atoms with E-state index in [4.69, 9.17) is 19.1 Å². The van der Waals surface area contributed by atoms with E-state index < -0.39 is 16.1 Å². The number of benzene rings is 1. The van der Waals surface area contributed by atoms with Crippen molar-refractivity contribution in [3.63, 3.8) is 0 Å². The first-order valence-corrected chi connectivity index (χ1v) is 7.49. The molecule has 21 heavy (non-hydrogen) atoms. The topological polar surface area (TPSA) is 110 Å². The van der Waals surface area contributed by atoms with Gasteiger partial charge in [-0.1, -0.05) is 6.07 Å². The predicted molar refractivity (Wildman–Crippen MR) is 71.4 cm³/mol. The van der Waals surface area contributed by atoms with E-state index in [1.165, 1.54) is 12.1 Å². The molecule has 1 rings (SSSR count). The maximum Gasteiger partial charge on any atom is 1.00 e. The van der Waals surface area contributed by atoms with Crippen LogP contribution >= 0.6 is 0 Å². The van der Waals surface area contributed by atoms with Crippen LogP contribution in [0.5, 0.6) is 5.75 Å². The Hall–Kier alpha value is -0.640. The van der Waals surface area contributed by atoms with Crippen LogP contribution in [0, 0.1) is 0 Å². The number of aliphatic hydroxyl groups excluding tert-OH is 1. The summed E-state index contributed by atoms with van der Waals surface area (Å²) in [4.78, 5) is 11.5. The molecule has 0 unspecified atom stereocenters. The van der Waals surface area contributed by atoms with Gasteiger partial charge < -0.3 is 16.0 Å². The maximum atomic E-state index is 11.5. The van der Waals surface area contributed by atoms with Gasteiger partial charge in [0.25, 0.3) is 10.1 Å². The average molecular weight is 328 g/mol. The smallest absolute Gasteiger partial charge is 1.00 e.